The Morgan fingerprint density at radius 2 is 1.87 bits per heavy atom. The van der Waals surface area contributed by atoms with Crippen molar-refractivity contribution in [2.45, 2.75) is 75.2 Å². The molecule has 1 amide bonds. The fourth-order valence-corrected chi connectivity index (χ4v) is 10.6. The van der Waals surface area contributed by atoms with E-state index >= 15 is 0 Å². The lowest BCUT2D eigenvalue weighted by Gasteiger charge is -2.56. The number of rotatable bonds is 5. The van der Waals surface area contributed by atoms with Crippen molar-refractivity contribution < 1.29 is 14.3 Å². The molecule has 1 N–H and O–H groups in total. The highest BCUT2D eigenvalue weighted by Crippen LogP contribution is 2.60. The second-order valence-electron chi connectivity index (χ2n) is 12.5. The number of thiophene rings is 1. The van der Waals surface area contributed by atoms with E-state index in [0.717, 1.165) is 63.6 Å². The topological polar surface area (TPSA) is 73.3 Å². The van der Waals surface area contributed by atoms with Crippen molar-refractivity contribution in [1.29, 1.82) is 0 Å². The SMILES string of the molecule is CC1CCc2c(sc3nc(C45CC6CC(CC(C6)C4)C5)nc(SCC(=O)Nc4ccc5c(c4)OCO5)c23)C1. The van der Waals surface area contributed by atoms with Gasteiger partial charge in [-0.3, -0.25) is 4.79 Å². The molecule has 8 heteroatoms. The number of aromatic nitrogens is 2. The number of thioether (sulfide) groups is 1. The summed E-state index contributed by atoms with van der Waals surface area (Å²) in [5.41, 5.74) is 2.31. The Bertz CT molecular complexity index is 1410. The minimum absolute atomic E-state index is 0.0327. The molecule has 4 saturated carbocycles. The highest BCUT2D eigenvalue weighted by Gasteiger charge is 2.53. The van der Waals surface area contributed by atoms with Crippen LogP contribution in [0.15, 0.2) is 23.2 Å². The van der Waals surface area contributed by atoms with Crippen molar-refractivity contribution in [2.24, 2.45) is 23.7 Å². The van der Waals surface area contributed by atoms with Crippen LogP contribution in [0.25, 0.3) is 10.2 Å². The maximum atomic E-state index is 13.1. The molecule has 3 heterocycles. The van der Waals surface area contributed by atoms with Gasteiger partial charge in [0.2, 0.25) is 12.7 Å². The van der Waals surface area contributed by atoms with Crippen molar-refractivity contribution in [2.75, 3.05) is 17.9 Å². The van der Waals surface area contributed by atoms with Crippen LogP contribution in [0.4, 0.5) is 5.69 Å². The molecule has 4 fully saturated rings. The molecule has 9 rings (SSSR count). The predicted molar refractivity (Wildman–Crippen MR) is 150 cm³/mol. The van der Waals surface area contributed by atoms with Crippen LogP contribution in [0, 0.1) is 23.7 Å². The van der Waals surface area contributed by atoms with Crippen LogP contribution in [-0.4, -0.2) is 28.4 Å². The van der Waals surface area contributed by atoms with Gasteiger partial charge in [-0.25, -0.2) is 9.97 Å². The lowest BCUT2D eigenvalue weighted by Crippen LogP contribution is -2.49. The van der Waals surface area contributed by atoms with Gasteiger partial charge in [-0.15, -0.1) is 11.3 Å². The van der Waals surface area contributed by atoms with Crippen LogP contribution in [-0.2, 0) is 23.1 Å². The smallest absolute Gasteiger partial charge is 0.234 e. The number of nitrogens with one attached hydrogen (secondary N) is 1. The molecule has 0 saturated heterocycles. The maximum Gasteiger partial charge on any atom is 0.234 e. The first-order valence-electron chi connectivity index (χ1n) is 14.2. The number of hydrogen-bond acceptors (Lipinski definition) is 7. The number of aryl methyl sites for hydroxylation is 1. The standard InChI is InChI=1S/C30H33N3O3S2/c1-16-2-4-21-24(6-16)38-28-26(21)27(37-14-25(34)31-20-3-5-22-23(10-20)36-15-35-22)32-29(33-28)30-11-17-7-18(12-30)9-19(8-17)13-30/h3,5,10,16-19H,2,4,6-9,11-15H2,1H3,(H,31,34). The molecule has 2 aromatic heterocycles. The third-order valence-corrected chi connectivity index (χ3v) is 11.8. The number of ether oxygens (including phenoxy) is 2. The largest absolute Gasteiger partial charge is 0.454 e. The summed E-state index contributed by atoms with van der Waals surface area (Å²) >= 11 is 3.48. The van der Waals surface area contributed by atoms with Crippen LogP contribution in [0.3, 0.4) is 0 Å². The van der Waals surface area contributed by atoms with E-state index < -0.39 is 0 Å². The number of carbonyl (C=O) groups is 1. The van der Waals surface area contributed by atoms with E-state index in [0.29, 0.717) is 11.5 Å². The van der Waals surface area contributed by atoms with E-state index in [9.17, 15) is 4.79 Å². The van der Waals surface area contributed by atoms with E-state index in [1.165, 1.54) is 60.8 Å². The first-order valence-corrected chi connectivity index (χ1v) is 16.0. The molecule has 6 aliphatic rings. The van der Waals surface area contributed by atoms with Gasteiger partial charge in [0.1, 0.15) is 15.7 Å². The highest BCUT2D eigenvalue weighted by atomic mass is 32.2. The Hall–Kier alpha value is -2.32. The molecule has 0 radical (unpaired) electrons. The van der Waals surface area contributed by atoms with Crippen LogP contribution >= 0.6 is 23.1 Å². The number of anilines is 1. The molecule has 1 atom stereocenters. The average molecular weight is 548 g/mol. The van der Waals surface area contributed by atoms with Crippen molar-refractivity contribution in [3.8, 4) is 11.5 Å². The lowest BCUT2D eigenvalue weighted by atomic mass is 9.49. The Balaban J connectivity index is 1.12. The van der Waals surface area contributed by atoms with Gasteiger partial charge in [-0.1, -0.05) is 18.7 Å². The van der Waals surface area contributed by atoms with Gasteiger partial charge in [0.05, 0.1) is 5.75 Å². The second-order valence-corrected chi connectivity index (χ2v) is 14.5. The van der Waals surface area contributed by atoms with Crippen molar-refractivity contribution in [3.63, 3.8) is 0 Å². The van der Waals surface area contributed by atoms with E-state index in [1.807, 2.05) is 29.5 Å². The fraction of sp³-hybridized carbons (Fsp3) is 0.567. The number of benzene rings is 1. The zero-order valence-corrected chi connectivity index (χ0v) is 23.4. The molecular weight excluding hydrogens is 514 g/mol. The third-order valence-electron chi connectivity index (χ3n) is 9.63. The van der Waals surface area contributed by atoms with Gasteiger partial charge in [0.15, 0.2) is 11.5 Å². The molecular formula is C30H33N3O3S2. The van der Waals surface area contributed by atoms with Crippen LogP contribution in [0.5, 0.6) is 11.5 Å². The summed E-state index contributed by atoms with van der Waals surface area (Å²) < 4.78 is 10.9. The Labute approximate surface area is 231 Å². The number of carbonyl (C=O) groups excluding carboxylic acids is 1. The van der Waals surface area contributed by atoms with Crippen LogP contribution < -0.4 is 14.8 Å². The summed E-state index contributed by atoms with van der Waals surface area (Å²) in [5, 5.41) is 5.29. The molecule has 5 aliphatic carbocycles. The van der Waals surface area contributed by atoms with Crippen LogP contribution in [0.1, 0.15) is 68.1 Å². The fourth-order valence-electron chi connectivity index (χ4n) is 8.34. The molecule has 1 aromatic carbocycles. The minimum atomic E-state index is -0.0327. The van der Waals surface area contributed by atoms with Gasteiger partial charge < -0.3 is 14.8 Å². The zero-order valence-electron chi connectivity index (χ0n) is 21.8. The quantitative estimate of drug-likeness (QED) is 0.282. The molecule has 0 spiro atoms. The van der Waals surface area contributed by atoms with E-state index in [-0.39, 0.29) is 18.1 Å². The van der Waals surface area contributed by atoms with Crippen molar-refractivity contribution in [3.05, 3.63) is 34.5 Å². The normalized spacial score (nSPS) is 30.6. The highest BCUT2D eigenvalue weighted by molar-refractivity contribution is 8.00. The van der Waals surface area contributed by atoms with Gasteiger partial charge in [-0.2, -0.15) is 0 Å². The van der Waals surface area contributed by atoms with Gasteiger partial charge in [0.25, 0.3) is 0 Å². The van der Waals surface area contributed by atoms with Gasteiger partial charge in [-0.05, 0) is 99.2 Å². The van der Waals surface area contributed by atoms with Crippen LogP contribution in [0.2, 0.25) is 0 Å². The van der Waals surface area contributed by atoms with Gasteiger partial charge in [0, 0.05) is 27.4 Å². The summed E-state index contributed by atoms with van der Waals surface area (Å²) in [4.78, 5) is 26.4. The Kier molecular flexibility index (Phi) is 5.49. The first kappa shape index (κ1) is 23.6. The first-order chi connectivity index (χ1) is 18.5. The van der Waals surface area contributed by atoms with Gasteiger partial charge >= 0.3 is 0 Å². The summed E-state index contributed by atoms with van der Waals surface area (Å²) in [5.74, 6) is 6.02. The number of fused-ring (bicyclic) bond motifs is 4. The number of amides is 1. The minimum Gasteiger partial charge on any atom is -0.454 e. The summed E-state index contributed by atoms with van der Waals surface area (Å²) in [6.07, 6.45) is 11.4. The molecule has 198 valence electrons. The second kappa shape index (κ2) is 8.85. The van der Waals surface area contributed by atoms with E-state index in [2.05, 4.69) is 12.2 Å². The summed E-state index contributed by atoms with van der Waals surface area (Å²) in [6.45, 7) is 2.58. The molecule has 1 unspecified atom stereocenters. The molecule has 3 aromatic rings. The molecule has 4 bridgehead atoms. The summed E-state index contributed by atoms with van der Waals surface area (Å²) in [6, 6.07) is 5.53. The summed E-state index contributed by atoms with van der Waals surface area (Å²) in [7, 11) is 0. The predicted octanol–water partition coefficient (Wildman–Crippen LogP) is 6.74. The lowest BCUT2D eigenvalue weighted by molar-refractivity contribution is -0.113. The maximum absolute atomic E-state index is 13.1. The third kappa shape index (κ3) is 3.93. The molecule has 6 nitrogen and oxygen atoms in total. The number of nitrogens with zero attached hydrogens (tertiary/aromatic N) is 2. The average Bonchev–Trinajstić information content (AvgIpc) is 3.50. The van der Waals surface area contributed by atoms with E-state index in [4.69, 9.17) is 19.4 Å². The molecule has 38 heavy (non-hydrogen) atoms. The van der Waals surface area contributed by atoms with E-state index in [1.54, 1.807) is 11.8 Å². The Morgan fingerprint density at radius 3 is 2.66 bits per heavy atom. The zero-order chi connectivity index (χ0) is 25.4. The van der Waals surface area contributed by atoms with Crippen molar-refractivity contribution >= 4 is 44.9 Å². The number of hydrogen-bond donors (Lipinski definition) is 1. The monoisotopic (exact) mass is 547 g/mol. The Morgan fingerprint density at radius 1 is 1.11 bits per heavy atom. The molecule has 1 aliphatic heterocycles. The van der Waals surface area contributed by atoms with Crippen molar-refractivity contribution in [1.82, 2.24) is 9.97 Å².